The maximum atomic E-state index is 5.90. The third-order valence-corrected chi connectivity index (χ3v) is 5.06. The quantitative estimate of drug-likeness (QED) is 0.696. The van der Waals surface area contributed by atoms with Crippen LogP contribution in [0, 0.1) is 0 Å². The molecule has 0 bridgehead atoms. The van der Waals surface area contributed by atoms with Crippen LogP contribution in [0.4, 0.5) is 11.5 Å². The highest BCUT2D eigenvalue weighted by Crippen LogP contribution is 2.38. The summed E-state index contributed by atoms with van der Waals surface area (Å²) in [5, 5.41) is 7.03. The van der Waals surface area contributed by atoms with Crippen molar-refractivity contribution in [3.05, 3.63) is 77.5 Å². The van der Waals surface area contributed by atoms with Crippen LogP contribution in [0.1, 0.15) is 23.6 Å². The average molecular weight is 372 g/mol. The first-order valence-electron chi connectivity index (χ1n) is 9.27. The van der Waals surface area contributed by atoms with Crippen molar-refractivity contribution in [2.75, 3.05) is 17.5 Å². The van der Waals surface area contributed by atoms with Crippen LogP contribution in [0.5, 0.6) is 11.5 Å². The summed E-state index contributed by atoms with van der Waals surface area (Å²) >= 11 is 0. The van der Waals surface area contributed by atoms with Crippen molar-refractivity contribution in [2.45, 2.75) is 19.4 Å². The minimum Gasteiger partial charge on any atom is -0.454 e. The van der Waals surface area contributed by atoms with Gasteiger partial charge in [0.15, 0.2) is 11.5 Å². The molecule has 140 valence electrons. The monoisotopic (exact) mass is 372 g/mol. The lowest BCUT2D eigenvalue weighted by molar-refractivity contribution is 0.174. The zero-order valence-corrected chi connectivity index (χ0v) is 15.5. The summed E-state index contributed by atoms with van der Waals surface area (Å²) < 4.78 is 11.2. The Morgan fingerprint density at radius 3 is 2.57 bits per heavy atom. The molecule has 2 aromatic carbocycles. The summed E-state index contributed by atoms with van der Waals surface area (Å²) in [5.41, 5.74) is 10.7. The Labute approximate surface area is 163 Å². The molecule has 1 aromatic heterocycles. The molecule has 0 aliphatic carbocycles. The van der Waals surface area contributed by atoms with E-state index in [0.717, 1.165) is 46.3 Å². The van der Waals surface area contributed by atoms with E-state index in [2.05, 4.69) is 18.0 Å². The number of ether oxygens (including phenoxy) is 2. The van der Waals surface area contributed by atoms with Crippen LogP contribution in [0.15, 0.2) is 65.9 Å². The number of nitrogens with zero attached hydrogens (tertiary/aromatic N) is 3. The molecule has 3 heterocycles. The molecule has 1 atom stereocenters. The van der Waals surface area contributed by atoms with Crippen molar-refractivity contribution in [3.63, 3.8) is 0 Å². The first-order valence-corrected chi connectivity index (χ1v) is 9.27. The predicted octanol–water partition coefficient (Wildman–Crippen LogP) is 3.60. The number of pyridine rings is 1. The van der Waals surface area contributed by atoms with Gasteiger partial charge in [0, 0.05) is 23.0 Å². The molecule has 6 heteroatoms. The number of hydrazone groups is 1. The van der Waals surface area contributed by atoms with Crippen LogP contribution < -0.4 is 20.2 Å². The molecular weight excluding hydrogens is 352 g/mol. The Morgan fingerprint density at radius 2 is 1.82 bits per heavy atom. The molecule has 2 aliphatic heterocycles. The molecule has 0 amide bonds. The van der Waals surface area contributed by atoms with E-state index >= 15 is 0 Å². The standard InChI is InChI=1S/C22H20N4O2/c1-14-10-16-11-19-20(28-13-27-19)12-18(16)22(15-5-7-17(23)8-6-15)25-26(14)21-4-2-3-9-24-21/h2-9,11-12,14H,10,13,23H2,1H3/t14-/m1/s1. The molecule has 2 aliphatic rings. The van der Waals surface area contributed by atoms with Gasteiger partial charge in [0.25, 0.3) is 0 Å². The molecule has 28 heavy (non-hydrogen) atoms. The molecular formula is C22H20N4O2. The summed E-state index contributed by atoms with van der Waals surface area (Å²) in [5.74, 6) is 2.35. The number of nitrogens with two attached hydrogens (primary N) is 1. The van der Waals surface area contributed by atoms with Crippen LogP contribution in [0.25, 0.3) is 0 Å². The second-order valence-corrected chi connectivity index (χ2v) is 7.02. The van der Waals surface area contributed by atoms with Crippen LogP contribution in [-0.4, -0.2) is 23.5 Å². The second-order valence-electron chi connectivity index (χ2n) is 7.02. The number of anilines is 2. The molecule has 0 unspecified atom stereocenters. The smallest absolute Gasteiger partial charge is 0.231 e. The Hall–Kier alpha value is -3.54. The zero-order valence-electron chi connectivity index (χ0n) is 15.5. The molecule has 0 spiro atoms. The van der Waals surface area contributed by atoms with Gasteiger partial charge in [-0.05, 0) is 55.3 Å². The Kier molecular flexibility index (Phi) is 3.90. The van der Waals surface area contributed by atoms with Crippen molar-refractivity contribution in [3.8, 4) is 11.5 Å². The summed E-state index contributed by atoms with van der Waals surface area (Å²) in [4.78, 5) is 4.51. The van der Waals surface area contributed by atoms with E-state index in [-0.39, 0.29) is 12.8 Å². The molecule has 0 fully saturated rings. The summed E-state index contributed by atoms with van der Waals surface area (Å²) in [6, 6.07) is 17.9. The maximum Gasteiger partial charge on any atom is 0.231 e. The van der Waals surface area contributed by atoms with E-state index in [4.69, 9.17) is 20.3 Å². The van der Waals surface area contributed by atoms with Crippen molar-refractivity contribution in [1.82, 2.24) is 4.98 Å². The summed E-state index contributed by atoms with van der Waals surface area (Å²) in [6.45, 7) is 2.40. The SMILES string of the molecule is C[C@@H]1Cc2cc3c(cc2C(c2ccc(N)cc2)=NN1c1ccccn1)OCO3. The highest BCUT2D eigenvalue weighted by Gasteiger charge is 2.28. The Bertz CT molecular complexity index is 1050. The zero-order chi connectivity index (χ0) is 19.1. The third kappa shape index (κ3) is 2.83. The lowest BCUT2D eigenvalue weighted by Gasteiger charge is -2.24. The summed E-state index contributed by atoms with van der Waals surface area (Å²) in [7, 11) is 0. The number of rotatable bonds is 2. The second kappa shape index (κ2) is 6.56. The maximum absolute atomic E-state index is 5.90. The lowest BCUT2D eigenvalue weighted by Crippen LogP contribution is -2.30. The number of benzene rings is 2. The average Bonchev–Trinajstić information content (AvgIpc) is 3.11. The van der Waals surface area contributed by atoms with E-state index < -0.39 is 0 Å². The van der Waals surface area contributed by atoms with Crippen LogP contribution in [-0.2, 0) is 6.42 Å². The van der Waals surface area contributed by atoms with Gasteiger partial charge in [-0.15, -0.1) is 0 Å². The van der Waals surface area contributed by atoms with Crippen LogP contribution in [0.2, 0.25) is 0 Å². The van der Waals surface area contributed by atoms with Crippen LogP contribution in [0.3, 0.4) is 0 Å². The molecule has 0 radical (unpaired) electrons. The number of hydrogen-bond acceptors (Lipinski definition) is 6. The van der Waals surface area contributed by atoms with Gasteiger partial charge in [0.05, 0.1) is 11.8 Å². The molecule has 3 aromatic rings. The largest absolute Gasteiger partial charge is 0.454 e. The molecule has 2 N–H and O–H groups in total. The van der Waals surface area contributed by atoms with Gasteiger partial charge in [-0.3, -0.25) is 0 Å². The molecule has 6 nitrogen and oxygen atoms in total. The number of fused-ring (bicyclic) bond motifs is 2. The fourth-order valence-electron chi connectivity index (χ4n) is 3.66. The minimum absolute atomic E-state index is 0.125. The van der Waals surface area contributed by atoms with Crippen LogP contribution >= 0.6 is 0 Å². The van der Waals surface area contributed by atoms with E-state index in [1.54, 1.807) is 6.20 Å². The fourth-order valence-corrected chi connectivity index (χ4v) is 3.66. The Morgan fingerprint density at radius 1 is 1.04 bits per heavy atom. The van der Waals surface area contributed by atoms with Gasteiger partial charge in [-0.25, -0.2) is 9.99 Å². The Balaban J connectivity index is 1.71. The van der Waals surface area contributed by atoms with Gasteiger partial charge in [0.2, 0.25) is 6.79 Å². The minimum atomic E-state index is 0.125. The van der Waals surface area contributed by atoms with E-state index in [1.165, 1.54) is 5.56 Å². The number of nitrogen functional groups attached to an aromatic ring is 1. The molecule has 5 rings (SSSR count). The van der Waals surface area contributed by atoms with Crippen molar-refractivity contribution in [1.29, 1.82) is 0 Å². The number of aromatic nitrogens is 1. The van der Waals surface area contributed by atoms with Gasteiger partial charge < -0.3 is 15.2 Å². The number of hydrogen-bond donors (Lipinski definition) is 1. The fraction of sp³-hybridized carbons (Fsp3) is 0.182. The van der Waals surface area contributed by atoms with E-state index in [1.807, 2.05) is 53.5 Å². The summed E-state index contributed by atoms with van der Waals surface area (Å²) in [6.07, 6.45) is 2.60. The van der Waals surface area contributed by atoms with Gasteiger partial charge in [0.1, 0.15) is 5.82 Å². The van der Waals surface area contributed by atoms with E-state index in [0.29, 0.717) is 0 Å². The van der Waals surface area contributed by atoms with Gasteiger partial charge >= 0.3 is 0 Å². The normalized spacial score (nSPS) is 17.7. The van der Waals surface area contributed by atoms with E-state index in [9.17, 15) is 0 Å². The molecule has 0 saturated heterocycles. The van der Waals surface area contributed by atoms with Crippen molar-refractivity contribution in [2.24, 2.45) is 5.10 Å². The molecule has 0 saturated carbocycles. The predicted molar refractivity (Wildman–Crippen MR) is 109 cm³/mol. The first-order chi connectivity index (χ1) is 13.7. The van der Waals surface area contributed by atoms with Crippen molar-refractivity contribution < 1.29 is 9.47 Å². The first kappa shape index (κ1) is 16.6. The highest BCUT2D eigenvalue weighted by molar-refractivity contribution is 6.14. The van der Waals surface area contributed by atoms with Gasteiger partial charge in [-0.2, -0.15) is 5.10 Å². The highest BCUT2D eigenvalue weighted by atomic mass is 16.7. The third-order valence-electron chi connectivity index (χ3n) is 5.06. The lowest BCUT2D eigenvalue weighted by atomic mass is 9.94. The van der Waals surface area contributed by atoms with Crippen molar-refractivity contribution >= 4 is 17.2 Å². The van der Waals surface area contributed by atoms with Gasteiger partial charge in [-0.1, -0.05) is 18.2 Å². The topological polar surface area (TPSA) is 73.0 Å².